The Labute approximate surface area is 157 Å². The van der Waals surface area contributed by atoms with Gasteiger partial charge in [0.05, 0.1) is 10.9 Å². The highest BCUT2D eigenvalue weighted by Gasteiger charge is 2.15. The molecular weight excluding hydrogens is 342 g/mol. The molecule has 0 aliphatic carbocycles. The topological polar surface area (TPSA) is 73.1 Å². The predicted molar refractivity (Wildman–Crippen MR) is 107 cm³/mol. The quantitative estimate of drug-likeness (QED) is 0.730. The summed E-state index contributed by atoms with van der Waals surface area (Å²) in [6.45, 7) is 4.09. The average Bonchev–Trinajstić information content (AvgIpc) is 2.69. The highest BCUT2D eigenvalue weighted by Crippen LogP contribution is 2.15. The molecule has 6 nitrogen and oxygen atoms in total. The summed E-state index contributed by atoms with van der Waals surface area (Å²) in [5.41, 5.74) is 1.46. The molecule has 0 aliphatic rings. The second-order valence-electron chi connectivity index (χ2n) is 6.40. The fourth-order valence-corrected chi connectivity index (χ4v) is 3.23. The van der Waals surface area contributed by atoms with Gasteiger partial charge in [0.1, 0.15) is 6.54 Å². The number of carbonyl (C=O) groups excluding carboxylic acids is 1. The molecule has 1 N–H and O–H groups in total. The van der Waals surface area contributed by atoms with Crippen LogP contribution in [0.2, 0.25) is 0 Å². The highest BCUT2D eigenvalue weighted by molar-refractivity contribution is 5.92. The minimum absolute atomic E-state index is 0.151. The van der Waals surface area contributed by atoms with Crippen molar-refractivity contribution in [2.75, 3.05) is 5.32 Å². The second kappa shape index (κ2) is 8.03. The molecule has 3 aromatic rings. The fourth-order valence-electron chi connectivity index (χ4n) is 3.23. The van der Waals surface area contributed by atoms with Gasteiger partial charge in [-0.15, -0.1) is 0 Å². The normalized spacial score (nSPS) is 10.9. The number of carbonyl (C=O) groups is 1. The third-order valence-electron chi connectivity index (χ3n) is 4.55. The lowest BCUT2D eigenvalue weighted by molar-refractivity contribution is -0.116. The molecule has 1 amide bonds. The van der Waals surface area contributed by atoms with Crippen molar-refractivity contribution in [3.8, 4) is 0 Å². The smallest absolute Gasteiger partial charge is 0.324 e. The van der Waals surface area contributed by atoms with Crippen LogP contribution in [-0.2, 0) is 24.3 Å². The van der Waals surface area contributed by atoms with Crippen molar-refractivity contribution in [1.82, 2.24) is 9.13 Å². The number of amides is 1. The van der Waals surface area contributed by atoms with E-state index in [-0.39, 0.29) is 18.0 Å². The molecule has 0 unspecified atom stereocenters. The largest absolute Gasteiger partial charge is 0.331 e. The zero-order valence-electron chi connectivity index (χ0n) is 15.6. The molecule has 0 saturated carbocycles. The van der Waals surface area contributed by atoms with Crippen LogP contribution in [0.15, 0.2) is 58.1 Å². The Hall–Kier alpha value is -3.15. The van der Waals surface area contributed by atoms with E-state index in [2.05, 4.69) is 5.32 Å². The summed E-state index contributed by atoms with van der Waals surface area (Å²) in [6, 6.07) is 14.5. The van der Waals surface area contributed by atoms with Gasteiger partial charge in [0, 0.05) is 12.2 Å². The number of anilines is 1. The van der Waals surface area contributed by atoms with Crippen LogP contribution < -0.4 is 16.6 Å². The van der Waals surface area contributed by atoms with Gasteiger partial charge < -0.3 is 5.32 Å². The van der Waals surface area contributed by atoms with Crippen LogP contribution in [0.4, 0.5) is 5.69 Å². The first-order valence-electron chi connectivity index (χ1n) is 9.17. The van der Waals surface area contributed by atoms with Crippen LogP contribution >= 0.6 is 0 Å². The van der Waals surface area contributed by atoms with Crippen molar-refractivity contribution in [3.05, 3.63) is 74.9 Å². The molecule has 0 spiro atoms. The number of nitrogens with zero attached hydrogens (tertiary/aromatic N) is 2. The van der Waals surface area contributed by atoms with E-state index >= 15 is 0 Å². The second-order valence-corrected chi connectivity index (χ2v) is 6.40. The molecule has 0 fully saturated rings. The molecule has 140 valence electrons. The van der Waals surface area contributed by atoms with Crippen LogP contribution in [-0.4, -0.2) is 15.0 Å². The van der Waals surface area contributed by atoms with Crippen LogP contribution in [0, 0.1) is 0 Å². The van der Waals surface area contributed by atoms with E-state index in [4.69, 9.17) is 0 Å². The first-order chi connectivity index (χ1) is 13.1. The molecule has 1 aromatic heterocycles. The fraction of sp³-hybridized carbons (Fsp3) is 0.286. The third kappa shape index (κ3) is 3.69. The maximum Gasteiger partial charge on any atom is 0.331 e. The van der Waals surface area contributed by atoms with Gasteiger partial charge >= 0.3 is 5.69 Å². The van der Waals surface area contributed by atoms with E-state index < -0.39 is 5.69 Å². The summed E-state index contributed by atoms with van der Waals surface area (Å²) in [6.07, 6.45) is 1.45. The van der Waals surface area contributed by atoms with Gasteiger partial charge in [0.15, 0.2) is 0 Å². The lowest BCUT2D eigenvalue weighted by atomic mass is 10.1. The first kappa shape index (κ1) is 18.6. The van der Waals surface area contributed by atoms with Gasteiger partial charge in [-0.1, -0.05) is 44.2 Å². The zero-order chi connectivity index (χ0) is 19.4. The summed E-state index contributed by atoms with van der Waals surface area (Å²) >= 11 is 0. The van der Waals surface area contributed by atoms with Crippen LogP contribution in [0.3, 0.4) is 0 Å². The van der Waals surface area contributed by atoms with Gasteiger partial charge in [0.2, 0.25) is 5.91 Å². The zero-order valence-corrected chi connectivity index (χ0v) is 15.6. The maximum absolute atomic E-state index is 12.9. The monoisotopic (exact) mass is 365 g/mol. The van der Waals surface area contributed by atoms with Gasteiger partial charge in [-0.3, -0.25) is 18.7 Å². The molecule has 0 atom stereocenters. The standard InChI is InChI=1S/C21H23N3O3/c1-3-13-23-20(26)16-10-6-8-12-18(16)24(21(23)27)14-19(25)22-17-11-7-5-9-15(17)4-2/h5-12H,3-4,13-14H2,1-2H3,(H,22,25). The Morgan fingerprint density at radius 3 is 2.41 bits per heavy atom. The molecule has 3 rings (SSSR count). The highest BCUT2D eigenvalue weighted by atomic mass is 16.2. The molecule has 0 aliphatic heterocycles. The molecule has 0 saturated heterocycles. The summed E-state index contributed by atoms with van der Waals surface area (Å²) in [5.74, 6) is -0.301. The summed E-state index contributed by atoms with van der Waals surface area (Å²) < 4.78 is 2.58. The minimum Gasteiger partial charge on any atom is -0.324 e. The molecule has 0 bridgehead atoms. The van der Waals surface area contributed by atoms with E-state index in [0.717, 1.165) is 17.7 Å². The van der Waals surface area contributed by atoms with Gasteiger partial charge in [-0.25, -0.2) is 4.79 Å². The van der Waals surface area contributed by atoms with Crippen LogP contribution in [0.5, 0.6) is 0 Å². The van der Waals surface area contributed by atoms with E-state index in [1.807, 2.05) is 38.1 Å². The number of benzene rings is 2. The molecule has 27 heavy (non-hydrogen) atoms. The Morgan fingerprint density at radius 1 is 0.963 bits per heavy atom. The van der Waals surface area contributed by atoms with Crippen molar-refractivity contribution in [1.29, 1.82) is 0 Å². The van der Waals surface area contributed by atoms with Gasteiger partial charge in [-0.2, -0.15) is 0 Å². The Kier molecular flexibility index (Phi) is 5.54. The number of rotatable bonds is 6. The van der Waals surface area contributed by atoms with Crippen molar-refractivity contribution < 1.29 is 4.79 Å². The number of aromatic nitrogens is 2. The van der Waals surface area contributed by atoms with Crippen LogP contribution in [0.25, 0.3) is 10.9 Å². The average molecular weight is 365 g/mol. The molecule has 1 heterocycles. The number of hydrogen-bond acceptors (Lipinski definition) is 3. The van der Waals surface area contributed by atoms with Crippen molar-refractivity contribution in [2.45, 2.75) is 39.8 Å². The van der Waals surface area contributed by atoms with E-state index in [0.29, 0.717) is 23.9 Å². The number of aryl methyl sites for hydroxylation is 1. The summed E-state index contributed by atoms with van der Waals surface area (Å²) in [5, 5.41) is 3.32. The van der Waals surface area contributed by atoms with Gasteiger partial charge in [-0.05, 0) is 36.6 Å². The molecule has 0 radical (unpaired) electrons. The maximum atomic E-state index is 12.9. The number of hydrogen-bond donors (Lipinski definition) is 1. The Morgan fingerprint density at radius 2 is 1.67 bits per heavy atom. The number of para-hydroxylation sites is 2. The van der Waals surface area contributed by atoms with Crippen molar-refractivity contribution >= 4 is 22.5 Å². The molecular formula is C21H23N3O3. The van der Waals surface area contributed by atoms with Crippen molar-refractivity contribution in [3.63, 3.8) is 0 Å². The molecule has 2 aromatic carbocycles. The lowest BCUT2D eigenvalue weighted by Crippen LogP contribution is -2.41. The van der Waals surface area contributed by atoms with Gasteiger partial charge in [0.25, 0.3) is 5.56 Å². The van der Waals surface area contributed by atoms with Crippen LogP contribution in [0.1, 0.15) is 25.8 Å². The third-order valence-corrected chi connectivity index (χ3v) is 4.55. The minimum atomic E-state index is -0.459. The number of nitrogens with one attached hydrogen (secondary N) is 1. The van der Waals surface area contributed by atoms with E-state index in [1.165, 1.54) is 9.13 Å². The summed E-state index contributed by atoms with van der Waals surface area (Å²) in [7, 11) is 0. The van der Waals surface area contributed by atoms with E-state index in [9.17, 15) is 14.4 Å². The summed E-state index contributed by atoms with van der Waals surface area (Å²) in [4.78, 5) is 38.1. The first-order valence-corrected chi connectivity index (χ1v) is 9.17. The van der Waals surface area contributed by atoms with E-state index in [1.54, 1.807) is 24.3 Å². The lowest BCUT2D eigenvalue weighted by Gasteiger charge is -2.14. The number of fused-ring (bicyclic) bond motifs is 1. The van der Waals surface area contributed by atoms with Crippen molar-refractivity contribution in [2.24, 2.45) is 0 Å². The Bertz CT molecular complexity index is 1100. The Balaban J connectivity index is 2.02. The molecule has 6 heteroatoms. The SMILES string of the molecule is CCCn1c(=O)c2ccccc2n(CC(=O)Nc2ccccc2CC)c1=O. The predicted octanol–water partition coefficient (Wildman–Crippen LogP) is 2.77.